The Labute approximate surface area is 154 Å². The van der Waals surface area contributed by atoms with Crippen LogP contribution in [-0.4, -0.2) is 29.6 Å². The zero-order chi connectivity index (χ0) is 17.4. The van der Waals surface area contributed by atoms with E-state index in [0.29, 0.717) is 6.61 Å². The average Bonchev–Trinajstić information content (AvgIpc) is 2.55. The number of carboxylic acids is 1. The molecule has 6 heteroatoms. The topological polar surface area (TPSA) is 75.6 Å². The second kappa shape index (κ2) is 9.39. The summed E-state index contributed by atoms with van der Waals surface area (Å²) in [7, 11) is 0. The summed E-state index contributed by atoms with van der Waals surface area (Å²) in [6.07, 6.45) is 0.233. The first-order valence-corrected chi connectivity index (χ1v) is 8.51. The molecule has 0 fully saturated rings. The molecular formula is C18H18INO4. The SMILES string of the molecule is O=C(COCc1ccccc1)N[C@@H](Cc1cccc(I)c1)C(=O)O. The van der Waals surface area contributed by atoms with Gasteiger partial charge in [-0.3, -0.25) is 4.79 Å². The quantitative estimate of drug-likeness (QED) is 0.621. The minimum Gasteiger partial charge on any atom is -0.480 e. The van der Waals surface area contributed by atoms with Crippen LogP contribution in [0.2, 0.25) is 0 Å². The highest BCUT2D eigenvalue weighted by atomic mass is 127. The fraction of sp³-hybridized carbons (Fsp3) is 0.222. The predicted octanol–water partition coefficient (Wildman–Crippen LogP) is 2.62. The van der Waals surface area contributed by atoms with E-state index in [4.69, 9.17) is 4.74 Å². The zero-order valence-corrected chi connectivity index (χ0v) is 15.1. The maximum absolute atomic E-state index is 11.9. The first-order chi connectivity index (χ1) is 11.5. The third-order valence-electron chi connectivity index (χ3n) is 3.31. The van der Waals surface area contributed by atoms with Gasteiger partial charge in [-0.15, -0.1) is 0 Å². The minimum atomic E-state index is -1.06. The Morgan fingerprint density at radius 3 is 2.46 bits per heavy atom. The third-order valence-corrected chi connectivity index (χ3v) is 3.98. The molecular weight excluding hydrogens is 421 g/mol. The van der Waals surface area contributed by atoms with Crippen molar-refractivity contribution in [1.82, 2.24) is 5.32 Å². The Bertz CT molecular complexity index is 690. The van der Waals surface area contributed by atoms with Gasteiger partial charge in [-0.25, -0.2) is 4.79 Å². The van der Waals surface area contributed by atoms with Crippen molar-refractivity contribution >= 4 is 34.5 Å². The number of benzene rings is 2. The number of halogens is 1. The number of aliphatic carboxylic acids is 1. The maximum atomic E-state index is 11.9. The first-order valence-electron chi connectivity index (χ1n) is 7.43. The maximum Gasteiger partial charge on any atom is 0.326 e. The number of nitrogens with one attached hydrogen (secondary N) is 1. The summed E-state index contributed by atoms with van der Waals surface area (Å²) in [6, 6.07) is 16.0. The second-order valence-electron chi connectivity index (χ2n) is 5.27. The van der Waals surface area contributed by atoms with Gasteiger partial charge in [0.1, 0.15) is 12.6 Å². The molecule has 2 N–H and O–H groups in total. The van der Waals surface area contributed by atoms with Gasteiger partial charge < -0.3 is 15.2 Å². The van der Waals surface area contributed by atoms with Crippen LogP contribution >= 0.6 is 22.6 Å². The van der Waals surface area contributed by atoms with Crippen LogP contribution in [0.3, 0.4) is 0 Å². The van der Waals surface area contributed by atoms with Gasteiger partial charge in [0.25, 0.3) is 0 Å². The van der Waals surface area contributed by atoms with E-state index in [2.05, 4.69) is 27.9 Å². The van der Waals surface area contributed by atoms with E-state index in [0.717, 1.165) is 14.7 Å². The van der Waals surface area contributed by atoms with E-state index in [9.17, 15) is 14.7 Å². The standard InChI is InChI=1S/C18H18INO4/c19-15-8-4-7-14(9-15)10-16(18(22)23)20-17(21)12-24-11-13-5-2-1-3-6-13/h1-9,16H,10-12H2,(H,20,21)(H,22,23)/t16-/m0/s1. The van der Waals surface area contributed by atoms with Crippen LogP contribution < -0.4 is 5.32 Å². The molecule has 0 aromatic heterocycles. The molecule has 0 spiro atoms. The van der Waals surface area contributed by atoms with Crippen LogP contribution in [0.5, 0.6) is 0 Å². The van der Waals surface area contributed by atoms with E-state index in [1.807, 2.05) is 54.6 Å². The molecule has 0 aliphatic heterocycles. The van der Waals surface area contributed by atoms with E-state index >= 15 is 0 Å². The summed E-state index contributed by atoms with van der Waals surface area (Å²) in [5.74, 6) is -1.51. The summed E-state index contributed by atoms with van der Waals surface area (Å²) >= 11 is 2.16. The largest absolute Gasteiger partial charge is 0.480 e. The number of amides is 1. The van der Waals surface area contributed by atoms with Crippen LogP contribution in [0.25, 0.3) is 0 Å². The van der Waals surface area contributed by atoms with Gasteiger partial charge in [-0.05, 0) is 45.9 Å². The number of ether oxygens (including phenoxy) is 1. The molecule has 0 saturated heterocycles. The monoisotopic (exact) mass is 439 g/mol. The number of hydrogen-bond acceptors (Lipinski definition) is 3. The lowest BCUT2D eigenvalue weighted by Crippen LogP contribution is -2.43. The van der Waals surface area contributed by atoms with E-state index < -0.39 is 17.9 Å². The smallest absolute Gasteiger partial charge is 0.326 e. The Morgan fingerprint density at radius 1 is 1.08 bits per heavy atom. The summed E-state index contributed by atoms with van der Waals surface area (Å²) < 4.78 is 6.35. The average molecular weight is 439 g/mol. The highest BCUT2D eigenvalue weighted by Crippen LogP contribution is 2.10. The number of carbonyl (C=O) groups is 2. The molecule has 2 aromatic rings. The molecule has 1 amide bonds. The molecule has 0 aliphatic rings. The van der Waals surface area contributed by atoms with Crippen LogP contribution in [0.15, 0.2) is 54.6 Å². The Balaban J connectivity index is 1.83. The fourth-order valence-electron chi connectivity index (χ4n) is 2.17. The van der Waals surface area contributed by atoms with Crippen molar-refractivity contribution in [2.45, 2.75) is 19.1 Å². The molecule has 2 rings (SSSR count). The van der Waals surface area contributed by atoms with Crippen LogP contribution in [-0.2, 0) is 27.4 Å². The van der Waals surface area contributed by atoms with Gasteiger partial charge in [0.05, 0.1) is 6.61 Å². The predicted molar refractivity (Wildman–Crippen MR) is 98.5 cm³/mol. The van der Waals surface area contributed by atoms with Gasteiger partial charge in [0.15, 0.2) is 0 Å². The number of rotatable bonds is 8. The summed E-state index contributed by atoms with van der Waals surface area (Å²) in [6.45, 7) is 0.133. The fourth-order valence-corrected chi connectivity index (χ4v) is 2.78. The summed E-state index contributed by atoms with van der Waals surface area (Å²) in [5, 5.41) is 11.8. The number of hydrogen-bond donors (Lipinski definition) is 2. The van der Waals surface area contributed by atoms with E-state index in [1.54, 1.807) is 0 Å². The molecule has 0 heterocycles. The normalized spacial score (nSPS) is 11.7. The van der Waals surface area contributed by atoms with Crippen molar-refractivity contribution < 1.29 is 19.4 Å². The molecule has 5 nitrogen and oxygen atoms in total. The van der Waals surface area contributed by atoms with Gasteiger partial charge in [-0.1, -0.05) is 42.5 Å². The third kappa shape index (κ3) is 6.29. The molecule has 0 saturated carbocycles. The van der Waals surface area contributed by atoms with Crippen molar-refractivity contribution in [3.05, 3.63) is 69.3 Å². The van der Waals surface area contributed by atoms with Crippen molar-refractivity contribution in [1.29, 1.82) is 0 Å². The highest BCUT2D eigenvalue weighted by Gasteiger charge is 2.20. The molecule has 126 valence electrons. The Hall–Kier alpha value is -1.93. The van der Waals surface area contributed by atoms with Gasteiger partial charge in [0, 0.05) is 9.99 Å². The number of carboxylic acid groups (broad SMARTS) is 1. The molecule has 0 bridgehead atoms. The summed E-state index contributed by atoms with van der Waals surface area (Å²) in [4.78, 5) is 23.3. The van der Waals surface area contributed by atoms with Crippen molar-refractivity contribution in [3.8, 4) is 0 Å². The van der Waals surface area contributed by atoms with E-state index in [-0.39, 0.29) is 13.0 Å². The van der Waals surface area contributed by atoms with Crippen molar-refractivity contribution in [2.75, 3.05) is 6.61 Å². The zero-order valence-electron chi connectivity index (χ0n) is 12.9. The molecule has 1 atom stereocenters. The molecule has 2 aromatic carbocycles. The van der Waals surface area contributed by atoms with Crippen molar-refractivity contribution in [3.63, 3.8) is 0 Å². The van der Waals surface area contributed by atoms with Gasteiger partial charge in [0.2, 0.25) is 5.91 Å². The second-order valence-corrected chi connectivity index (χ2v) is 6.52. The summed E-state index contributed by atoms with van der Waals surface area (Å²) in [5.41, 5.74) is 1.82. The lowest BCUT2D eigenvalue weighted by atomic mass is 10.1. The Morgan fingerprint density at radius 2 is 1.79 bits per heavy atom. The highest BCUT2D eigenvalue weighted by molar-refractivity contribution is 14.1. The molecule has 0 radical (unpaired) electrons. The molecule has 24 heavy (non-hydrogen) atoms. The minimum absolute atomic E-state index is 0.176. The van der Waals surface area contributed by atoms with Crippen LogP contribution in [0.1, 0.15) is 11.1 Å². The van der Waals surface area contributed by atoms with Gasteiger partial charge in [-0.2, -0.15) is 0 Å². The van der Waals surface area contributed by atoms with E-state index in [1.165, 1.54) is 0 Å². The number of carbonyl (C=O) groups excluding carboxylic acids is 1. The van der Waals surface area contributed by atoms with Gasteiger partial charge >= 0.3 is 5.97 Å². The van der Waals surface area contributed by atoms with Crippen molar-refractivity contribution in [2.24, 2.45) is 0 Å². The lowest BCUT2D eigenvalue weighted by Gasteiger charge is -2.15. The Kier molecular flexibility index (Phi) is 7.20. The van der Waals surface area contributed by atoms with Crippen LogP contribution in [0.4, 0.5) is 0 Å². The lowest BCUT2D eigenvalue weighted by molar-refractivity contribution is -0.142. The molecule has 0 unspecified atom stereocenters. The first kappa shape index (κ1) is 18.4. The molecule has 0 aliphatic carbocycles. The van der Waals surface area contributed by atoms with Crippen LogP contribution in [0, 0.1) is 3.57 Å².